The molecular formula is C18H28ClIN4O2. The molecule has 3 N–H and O–H groups in total. The van der Waals surface area contributed by atoms with E-state index in [4.69, 9.17) is 16.3 Å². The Morgan fingerprint density at radius 1 is 1.35 bits per heavy atom. The van der Waals surface area contributed by atoms with Gasteiger partial charge in [0, 0.05) is 18.6 Å². The van der Waals surface area contributed by atoms with Crippen LogP contribution in [0.1, 0.15) is 38.3 Å². The molecule has 2 rings (SSSR count). The lowest BCUT2D eigenvalue weighted by atomic mass is 10.1. The molecule has 1 aromatic rings. The van der Waals surface area contributed by atoms with Gasteiger partial charge in [-0.1, -0.05) is 29.8 Å². The minimum absolute atomic E-state index is 0. The number of nitrogens with one attached hydrogen (secondary N) is 3. The summed E-state index contributed by atoms with van der Waals surface area (Å²) in [5, 5.41) is 10.3. The van der Waals surface area contributed by atoms with Crippen molar-refractivity contribution in [3.8, 4) is 0 Å². The fourth-order valence-electron chi connectivity index (χ4n) is 2.67. The molecule has 0 aliphatic heterocycles. The van der Waals surface area contributed by atoms with Gasteiger partial charge in [0.1, 0.15) is 0 Å². The van der Waals surface area contributed by atoms with Crippen molar-refractivity contribution < 1.29 is 9.53 Å². The molecule has 8 heteroatoms. The van der Waals surface area contributed by atoms with Crippen molar-refractivity contribution in [2.45, 2.75) is 38.8 Å². The molecule has 1 amide bonds. The summed E-state index contributed by atoms with van der Waals surface area (Å²) >= 11 is 6.25. The first-order valence-corrected chi connectivity index (χ1v) is 9.07. The molecule has 26 heavy (non-hydrogen) atoms. The Balaban J connectivity index is 0.00000338. The van der Waals surface area contributed by atoms with Crippen LogP contribution in [-0.2, 0) is 4.74 Å². The standard InChI is InChI=1S/C18H27ClN4O2.HI/c1-4-25-18(24)23-16(13-9-10-13)11-21-17(20-3)22-12(2)14-7-5-6-8-15(14)19;/h5-8,12-13,16H,4,9-11H2,1-3H3,(H,23,24)(H2,20,21,22);1H. The Labute approximate surface area is 177 Å². The third-order valence-electron chi connectivity index (χ3n) is 4.21. The molecule has 0 saturated heterocycles. The topological polar surface area (TPSA) is 74.8 Å². The second kappa shape index (κ2) is 11.5. The zero-order valence-electron chi connectivity index (χ0n) is 15.4. The van der Waals surface area contributed by atoms with Crippen molar-refractivity contribution >= 4 is 47.6 Å². The summed E-state index contributed by atoms with van der Waals surface area (Å²) in [5.41, 5.74) is 1.01. The quantitative estimate of drug-likeness (QED) is 0.307. The van der Waals surface area contributed by atoms with Gasteiger partial charge in [0.25, 0.3) is 0 Å². The summed E-state index contributed by atoms with van der Waals surface area (Å²) in [6, 6.07) is 7.78. The number of amides is 1. The van der Waals surface area contributed by atoms with E-state index in [0.29, 0.717) is 25.0 Å². The van der Waals surface area contributed by atoms with Crippen LogP contribution in [0, 0.1) is 5.92 Å². The van der Waals surface area contributed by atoms with Gasteiger partial charge in [-0.15, -0.1) is 24.0 Å². The number of halogens is 2. The molecule has 0 heterocycles. The number of hydrogen-bond acceptors (Lipinski definition) is 3. The predicted octanol–water partition coefficient (Wildman–Crippen LogP) is 3.71. The Morgan fingerprint density at radius 3 is 2.62 bits per heavy atom. The van der Waals surface area contributed by atoms with Crippen molar-refractivity contribution in [2.24, 2.45) is 10.9 Å². The molecule has 0 radical (unpaired) electrons. The third-order valence-corrected chi connectivity index (χ3v) is 4.55. The molecule has 0 spiro atoms. The molecule has 146 valence electrons. The smallest absolute Gasteiger partial charge is 0.407 e. The maximum absolute atomic E-state index is 11.7. The van der Waals surface area contributed by atoms with Gasteiger partial charge in [-0.05, 0) is 44.2 Å². The normalized spacial score (nSPS) is 16.1. The van der Waals surface area contributed by atoms with E-state index in [9.17, 15) is 4.79 Å². The van der Waals surface area contributed by atoms with Gasteiger partial charge in [-0.2, -0.15) is 0 Å². The number of benzene rings is 1. The summed E-state index contributed by atoms with van der Waals surface area (Å²) < 4.78 is 4.98. The first-order chi connectivity index (χ1) is 12.0. The van der Waals surface area contributed by atoms with Crippen LogP contribution in [0.15, 0.2) is 29.3 Å². The average molecular weight is 495 g/mol. The molecule has 6 nitrogen and oxygen atoms in total. The highest BCUT2D eigenvalue weighted by Crippen LogP contribution is 2.32. The van der Waals surface area contributed by atoms with Crippen molar-refractivity contribution in [1.82, 2.24) is 16.0 Å². The minimum atomic E-state index is -0.367. The molecule has 1 aliphatic rings. The molecule has 2 atom stereocenters. The third kappa shape index (κ3) is 7.19. The zero-order chi connectivity index (χ0) is 18.2. The van der Waals surface area contributed by atoms with E-state index in [1.165, 1.54) is 0 Å². The van der Waals surface area contributed by atoms with Crippen LogP contribution in [0.5, 0.6) is 0 Å². The van der Waals surface area contributed by atoms with Crippen LogP contribution < -0.4 is 16.0 Å². The Morgan fingerprint density at radius 2 is 2.04 bits per heavy atom. The highest BCUT2D eigenvalue weighted by Gasteiger charge is 2.32. The molecular weight excluding hydrogens is 467 g/mol. The zero-order valence-corrected chi connectivity index (χ0v) is 18.5. The number of carbonyl (C=O) groups is 1. The van der Waals surface area contributed by atoms with E-state index in [1.807, 2.05) is 31.2 Å². The maximum Gasteiger partial charge on any atom is 0.407 e. The first kappa shape index (κ1) is 22.8. The van der Waals surface area contributed by atoms with Gasteiger partial charge in [0.05, 0.1) is 18.7 Å². The number of carbonyl (C=O) groups excluding carboxylic acids is 1. The van der Waals surface area contributed by atoms with Crippen LogP contribution in [0.2, 0.25) is 5.02 Å². The lowest BCUT2D eigenvalue weighted by molar-refractivity contribution is 0.146. The molecule has 1 saturated carbocycles. The van der Waals surface area contributed by atoms with Gasteiger partial charge in [-0.25, -0.2) is 4.79 Å². The largest absolute Gasteiger partial charge is 0.450 e. The van der Waals surface area contributed by atoms with Crippen LogP contribution in [0.4, 0.5) is 4.79 Å². The summed E-state index contributed by atoms with van der Waals surface area (Å²) in [7, 11) is 1.72. The van der Waals surface area contributed by atoms with Gasteiger partial charge in [0.15, 0.2) is 5.96 Å². The van der Waals surface area contributed by atoms with Crippen molar-refractivity contribution in [2.75, 3.05) is 20.2 Å². The lowest BCUT2D eigenvalue weighted by Crippen LogP contribution is -2.48. The van der Waals surface area contributed by atoms with E-state index in [0.717, 1.165) is 23.4 Å². The fourth-order valence-corrected chi connectivity index (χ4v) is 2.97. The molecule has 1 aliphatic carbocycles. The average Bonchev–Trinajstić information content (AvgIpc) is 3.42. The second-order valence-corrected chi connectivity index (χ2v) is 6.56. The fraction of sp³-hybridized carbons (Fsp3) is 0.556. The SMILES string of the molecule is CCOC(=O)NC(CNC(=NC)NC(C)c1ccccc1Cl)C1CC1.I. The number of guanidine groups is 1. The molecule has 1 aromatic carbocycles. The summed E-state index contributed by atoms with van der Waals surface area (Å²) in [6.45, 7) is 4.79. The molecule has 2 unspecified atom stereocenters. The van der Waals surface area contributed by atoms with E-state index < -0.39 is 0 Å². The number of aliphatic imine (C=N–C) groups is 1. The highest BCUT2D eigenvalue weighted by atomic mass is 127. The van der Waals surface area contributed by atoms with E-state index >= 15 is 0 Å². The predicted molar refractivity (Wildman–Crippen MR) is 116 cm³/mol. The summed E-state index contributed by atoms with van der Waals surface area (Å²) in [5.74, 6) is 1.17. The number of rotatable bonds is 7. The van der Waals surface area contributed by atoms with Crippen LogP contribution >= 0.6 is 35.6 Å². The minimum Gasteiger partial charge on any atom is -0.450 e. The number of alkyl carbamates (subject to hydrolysis) is 1. The Hall–Kier alpha value is -1.22. The number of ether oxygens (including phenoxy) is 1. The maximum atomic E-state index is 11.7. The highest BCUT2D eigenvalue weighted by molar-refractivity contribution is 14.0. The summed E-state index contributed by atoms with van der Waals surface area (Å²) in [4.78, 5) is 15.9. The molecule has 0 bridgehead atoms. The first-order valence-electron chi connectivity index (χ1n) is 8.70. The van der Waals surface area contributed by atoms with Crippen molar-refractivity contribution in [3.63, 3.8) is 0 Å². The van der Waals surface area contributed by atoms with E-state index in [-0.39, 0.29) is 42.2 Å². The van der Waals surface area contributed by atoms with Crippen molar-refractivity contribution in [3.05, 3.63) is 34.9 Å². The summed E-state index contributed by atoms with van der Waals surface area (Å²) in [6.07, 6.45) is 1.88. The van der Waals surface area contributed by atoms with Crippen molar-refractivity contribution in [1.29, 1.82) is 0 Å². The van der Waals surface area contributed by atoms with Gasteiger partial charge in [-0.3, -0.25) is 4.99 Å². The van der Waals surface area contributed by atoms with Crippen LogP contribution in [-0.4, -0.2) is 38.3 Å². The Bertz CT molecular complexity index is 611. The van der Waals surface area contributed by atoms with Gasteiger partial charge in [0.2, 0.25) is 0 Å². The number of nitrogens with zero attached hydrogens (tertiary/aromatic N) is 1. The molecule has 1 fully saturated rings. The van der Waals surface area contributed by atoms with Crippen LogP contribution in [0.25, 0.3) is 0 Å². The van der Waals surface area contributed by atoms with E-state index in [1.54, 1.807) is 14.0 Å². The molecule has 0 aromatic heterocycles. The monoisotopic (exact) mass is 494 g/mol. The van der Waals surface area contributed by atoms with Gasteiger partial charge < -0.3 is 20.7 Å². The lowest BCUT2D eigenvalue weighted by Gasteiger charge is -2.22. The van der Waals surface area contributed by atoms with Crippen LogP contribution in [0.3, 0.4) is 0 Å². The van der Waals surface area contributed by atoms with E-state index in [2.05, 4.69) is 20.9 Å². The van der Waals surface area contributed by atoms with Gasteiger partial charge >= 0.3 is 6.09 Å². The number of hydrogen-bond donors (Lipinski definition) is 3. The second-order valence-electron chi connectivity index (χ2n) is 6.15. The Kier molecular flexibility index (Phi) is 10.1.